The molecule has 0 bridgehead atoms. The lowest BCUT2D eigenvalue weighted by molar-refractivity contribution is -0.119. The van der Waals surface area contributed by atoms with Gasteiger partial charge < -0.3 is 24.8 Å². The summed E-state index contributed by atoms with van der Waals surface area (Å²) < 4.78 is 19.0. The van der Waals surface area contributed by atoms with Gasteiger partial charge in [-0.05, 0) is 107 Å². The zero-order valence-corrected chi connectivity index (χ0v) is 29.3. The van der Waals surface area contributed by atoms with Gasteiger partial charge >= 0.3 is 0 Å². The fourth-order valence-electron chi connectivity index (χ4n) is 7.89. The first-order chi connectivity index (χ1) is 22.6. The Hall–Kier alpha value is -3.26. The van der Waals surface area contributed by atoms with Crippen molar-refractivity contribution < 1.29 is 19.0 Å². The number of benzene rings is 3. The minimum atomic E-state index is -0.0974. The monoisotopic (exact) mass is 659 g/mol. The molecule has 3 aromatic rings. The highest BCUT2D eigenvalue weighted by atomic mass is 35.5. The number of fused-ring (bicyclic) bond motifs is 1. The molecule has 3 aliphatic rings. The molecule has 0 saturated carbocycles. The van der Waals surface area contributed by atoms with Crippen molar-refractivity contribution in [2.45, 2.75) is 103 Å². The van der Waals surface area contributed by atoms with E-state index < -0.39 is 0 Å². The van der Waals surface area contributed by atoms with Crippen LogP contribution >= 0.6 is 11.6 Å². The molecule has 2 fully saturated rings. The molecular weight excluding hydrogens is 610 g/mol. The quantitative estimate of drug-likeness (QED) is 0.172. The molecule has 0 spiro atoms. The van der Waals surface area contributed by atoms with Crippen molar-refractivity contribution in [3.8, 4) is 28.4 Å². The number of ether oxygens (including phenoxy) is 3. The zero-order chi connectivity index (χ0) is 33.1. The lowest BCUT2D eigenvalue weighted by Crippen LogP contribution is -2.61. The van der Waals surface area contributed by atoms with E-state index in [1.54, 1.807) is 0 Å². The molecular formula is C39H50ClN3O4. The van der Waals surface area contributed by atoms with E-state index in [1.807, 2.05) is 19.1 Å². The second kappa shape index (κ2) is 14.5. The predicted octanol–water partition coefficient (Wildman–Crippen LogP) is 7.79. The highest BCUT2D eigenvalue weighted by Gasteiger charge is 2.41. The number of hydrogen-bond donors (Lipinski definition) is 2. The van der Waals surface area contributed by atoms with Crippen LogP contribution in [-0.4, -0.2) is 54.7 Å². The fourth-order valence-corrected chi connectivity index (χ4v) is 8.12. The number of carbonyl (C=O) groups is 1. The molecule has 1 aliphatic carbocycles. The first-order valence-corrected chi connectivity index (χ1v) is 17.8. The van der Waals surface area contributed by atoms with E-state index in [-0.39, 0.29) is 18.1 Å². The Morgan fingerprint density at radius 1 is 1.02 bits per heavy atom. The number of halogens is 1. The SMILES string of the molecule is CCOc1cc(O[C@H]2CCc3c(-c4cccc(OCCCN5C(C)CC5(C)C)c4C)cccc32)c(Cl)cc1CNC[C@@H]1CCC(=O)N1. The third-order valence-electron chi connectivity index (χ3n) is 10.2. The van der Waals surface area contributed by atoms with Crippen LogP contribution in [0.5, 0.6) is 17.2 Å². The van der Waals surface area contributed by atoms with Crippen LogP contribution in [-0.2, 0) is 17.8 Å². The molecule has 2 N–H and O–H groups in total. The number of rotatable bonds is 14. The van der Waals surface area contributed by atoms with E-state index >= 15 is 0 Å². The van der Waals surface area contributed by atoms with Crippen molar-refractivity contribution in [1.82, 2.24) is 15.5 Å². The fraction of sp³-hybridized carbons (Fsp3) is 0.513. The maximum Gasteiger partial charge on any atom is 0.220 e. The average molecular weight is 660 g/mol. The normalized spacial score (nSPS) is 21.7. The Morgan fingerprint density at radius 3 is 2.57 bits per heavy atom. The predicted molar refractivity (Wildman–Crippen MR) is 189 cm³/mol. The molecule has 1 amide bonds. The van der Waals surface area contributed by atoms with Gasteiger partial charge in [-0.1, -0.05) is 41.9 Å². The molecule has 6 rings (SSSR count). The Labute approximate surface area is 285 Å². The van der Waals surface area contributed by atoms with Gasteiger partial charge in [-0.3, -0.25) is 9.69 Å². The average Bonchev–Trinajstić information content (AvgIpc) is 3.65. The van der Waals surface area contributed by atoms with Crippen LogP contribution in [0.25, 0.3) is 11.1 Å². The molecule has 2 saturated heterocycles. The number of nitrogens with zero attached hydrogens (tertiary/aromatic N) is 1. The smallest absolute Gasteiger partial charge is 0.220 e. The molecule has 8 heteroatoms. The van der Waals surface area contributed by atoms with Crippen molar-refractivity contribution in [1.29, 1.82) is 0 Å². The van der Waals surface area contributed by atoms with Crippen molar-refractivity contribution in [2.75, 3.05) is 26.3 Å². The van der Waals surface area contributed by atoms with Crippen LogP contribution < -0.4 is 24.8 Å². The van der Waals surface area contributed by atoms with E-state index in [9.17, 15) is 4.79 Å². The molecule has 47 heavy (non-hydrogen) atoms. The van der Waals surface area contributed by atoms with Crippen molar-refractivity contribution >= 4 is 17.5 Å². The van der Waals surface area contributed by atoms with Crippen molar-refractivity contribution in [3.05, 3.63) is 75.8 Å². The molecule has 2 aliphatic heterocycles. The zero-order valence-electron chi connectivity index (χ0n) is 28.6. The molecule has 0 radical (unpaired) electrons. The molecule has 2 heterocycles. The summed E-state index contributed by atoms with van der Waals surface area (Å²) in [4.78, 5) is 14.1. The molecule has 7 nitrogen and oxygen atoms in total. The summed E-state index contributed by atoms with van der Waals surface area (Å²) in [5.41, 5.74) is 7.44. The maximum absolute atomic E-state index is 11.5. The van der Waals surface area contributed by atoms with Gasteiger partial charge in [0.05, 0.1) is 18.2 Å². The lowest BCUT2D eigenvalue weighted by Gasteiger charge is -2.54. The van der Waals surface area contributed by atoms with Crippen LogP contribution in [0.15, 0.2) is 48.5 Å². The third-order valence-corrected chi connectivity index (χ3v) is 10.5. The van der Waals surface area contributed by atoms with Gasteiger partial charge in [0.2, 0.25) is 5.91 Å². The molecule has 0 aromatic heterocycles. The second-order valence-electron chi connectivity index (χ2n) is 14.0. The molecule has 1 unspecified atom stereocenters. The van der Waals surface area contributed by atoms with E-state index in [4.69, 9.17) is 25.8 Å². The number of likely N-dealkylation sites (tertiary alicyclic amines) is 1. The van der Waals surface area contributed by atoms with Crippen LogP contribution in [0.4, 0.5) is 0 Å². The van der Waals surface area contributed by atoms with Gasteiger partial charge in [0, 0.05) is 55.3 Å². The topological polar surface area (TPSA) is 72.1 Å². The summed E-state index contributed by atoms with van der Waals surface area (Å²) in [6, 6.07) is 17.6. The Kier molecular flexibility index (Phi) is 10.4. The summed E-state index contributed by atoms with van der Waals surface area (Å²) in [5, 5.41) is 7.02. The van der Waals surface area contributed by atoms with Gasteiger partial charge in [0.15, 0.2) is 0 Å². The first-order valence-electron chi connectivity index (χ1n) is 17.4. The van der Waals surface area contributed by atoms with E-state index in [1.165, 1.54) is 34.2 Å². The first kappa shape index (κ1) is 33.6. The van der Waals surface area contributed by atoms with E-state index in [0.717, 1.165) is 49.3 Å². The minimum absolute atomic E-state index is 0.0974. The number of hydrogen-bond acceptors (Lipinski definition) is 6. The largest absolute Gasteiger partial charge is 0.493 e. The van der Waals surface area contributed by atoms with Crippen molar-refractivity contribution in [3.63, 3.8) is 0 Å². The second-order valence-corrected chi connectivity index (χ2v) is 14.4. The lowest BCUT2D eigenvalue weighted by atomic mass is 9.82. The number of nitrogens with one attached hydrogen (secondary N) is 2. The Balaban J connectivity index is 1.13. The standard InChI is InChI=1S/C39H50ClN3O4/c1-6-45-36-21-37(33(40)20-27(36)23-41-24-28-14-17-38(44)42-28)47-35-16-15-31-30(11-7-12-32(31)35)29-10-8-13-34(26(29)3)46-19-9-18-43-25(2)22-39(43,4)5/h7-8,10-13,20-21,25,28,35,41H,6,9,14-19,22-24H2,1-5H3,(H,42,44)/t25?,28-,35-/m0/s1. The summed E-state index contributed by atoms with van der Waals surface area (Å²) in [6.07, 6.45) is 5.44. The van der Waals surface area contributed by atoms with Gasteiger partial charge in [-0.2, -0.15) is 0 Å². The van der Waals surface area contributed by atoms with Crippen LogP contribution in [0, 0.1) is 6.92 Å². The molecule has 3 atom stereocenters. The summed E-state index contributed by atoms with van der Waals surface area (Å²) in [7, 11) is 0. The highest BCUT2D eigenvalue weighted by molar-refractivity contribution is 6.32. The van der Waals surface area contributed by atoms with Gasteiger partial charge in [-0.25, -0.2) is 0 Å². The van der Waals surface area contributed by atoms with Gasteiger partial charge in [0.25, 0.3) is 0 Å². The summed E-state index contributed by atoms with van der Waals surface area (Å²) >= 11 is 6.82. The molecule has 252 valence electrons. The molecule has 3 aromatic carbocycles. The summed E-state index contributed by atoms with van der Waals surface area (Å²) in [5.74, 6) is 2.47. The highest BCUT2D eigenvalue weighted by Crippen LogP contribution is 2.44. The van der Waals surface area contributed by atoms with E-state index in [0.29, 0.717) is 55.1 Å². The third kappa shape index (κ3) is 7.43. The number of amides is 1. The van der Waals surface area contributed by atoms with Crippen LogP contribution in [0.3, 0.4) is 0 Å². The van der Waals surface area contributed by atoms with Crippen LogP contribution in [0.2, 0.25) is 5.02 Å². The van der Waals surface area contributed by atoms with Crippen molar-refractivity contribution in [2.24, 2.45) is 0 Å². The van der Waals surface area contributed by atoms with E-state index in [2.05, 4.69) is 79.6 Å². The van der Waals surface area contributed by atoms with Gasteiger partial charge in [0.1, 0.15) is 23.4 Å². The minimum Gasteiger partial charge on any atom is -0.493 e. The van der Waals surface area contributed by atoms with Crippen LogP contribution in [0.1, 0.15) is 88.2 Å². The summed E-state index contributed by atoms with van der Waals surface area (Å²) in [6.45, 7) is 14.8. The Bertz CT molecular complexity index is 1590. The maximum atomic E-state index is 11.5. The number of carbonyl (C=O) groups excluding carboxylic acids is 1. The van der Waals surface area contributed by atoms with Gasteiger partial charge in [-0.15, -0.1) is 0 Å². The Morgan fingerprint density at radius 2 is 1.83 bits per heavy atom.